The molecule has 0 fully saturated rings. The maximum Gasteiger partial charge on any atom is 0.0928 e. The highest BCUT2D eigenvalue weighted by Crippen LogP contribution is 2.32. The molecule has 0 saturated heterocycles. The zero-order chi connectivity index (χ0) is 13.9. The van der Waals surface area contributed by atoms with E-state index in [0.717, 1.165) is 38.0 Å². The van der Waals surface area contributed by atoms with Crippen molar-refractivity contribution in [2.75, 3.05) is 17.2 Å². The van der Waals surface area contributed by atoms with Crippen molar-refractivity contribution in [3.63, 3.8) is 0 Å². The highest BCUT2D eigenvalue weighted by Gasteiger charge is 2.19. The van der Waals surface area contributed by atoms with Crippen molar-refractivity contribution in [3.8, 4) is 0 Å². The molecule has 2 aromatic rings. The summed E-state index contributed by atoms with van der Waals surface area (Å²) in [5.74, 6) is 0. The summed E-state index contributed by atoms with van der Waals surface area (Å²) in [5, 5.41) is 3.46. The number of aromatic nitrogens is 1. The Morgan fingerprint density at radius 2 is 2.30 bits per heavy atom. The number of thiazole rings is 1. The first-order valence-corrected chi connectivity index (χ1v) is 8.21. The van der Waals surface area contributed by atoms with Gasteiger partial charge in [-0.05, 0) is 43.4 Å². The van der Waals surface area contributed by atoms with E-state index in [2.05, 4.69) is 29.3 Å². The van der Waals surface area contributed by atoms with E-state index in [-0.39, 0.29) is 0 Å². The Balaban J connectivity index is 1.80. The maximum atomic E-state index is 6.10. The molecular weight excluding hydrogens is 266 g/mol. The van der Waals surface area contributed by atoms with Gasteiger partial charge in [0.1, 0.15) is 0 Å². The molecule has 0 amide bonds. The van der Waals surface area contributed by atoms with E-state index >= 15 is 0 Å². The van der Waals surface area contributed by atoms with Crippen molar-refractivity contribution in [3.05, 3.63) is 39.8 Å². The molecule has 0 bridgehead atoms. The smallest absolute Gasteiger partial charge is 0.0928 e. The fraction of sp³-hybridized carbons (Fsp3) is 0.438. The van der Waals surface area contributed by atoms with Crippen LogP contribution in [0.3, 0.4) is 0 Å². The van der Waals surface area contributed by atoms with Crippen LogP contribution in [0.1, 0.15) is 36.0 Å². The van der Waals surface area contributed by atoms with Crippen molar-refractivity contribution in [1.29, 1.82) is 0 Å². The zero-order valence-electron chi connectivity index (χ0n) is 11.9. The highest BCUT2D eigenvalue weighted by atomic mass is 32.1. The van der Waals surface area contributed by atoms with E-state index in [1.165, 1.54) is 28.4 Å². The molecule has 1 aromatic heterocycles. The molecular formula is C16H21N3S. The summed E-state index contributed by atoms with van der Waals surface area (Å²) in [7, 11) is 0. The Morgan fingerprint density at radius 1 is 1.40 bits per heavy atom. The molecule has 2 heterocycles. The van der Waals surface area contributed by atoms with Crippen LogP contribution in [0.15, 0.2) is 23.6 Å². The number of benzene rings is 1. The third-order valence-corrected chi connectivity index (χ3v) is 4.76. The molecule has 20 heavy (non-hydrogen) atoms. The van der Waals surface area contributed by atoms with Gasteiger partial charge in [-0.3, -0.25) is 0 Å². The summed E-state index contributed by atoms with van der Waals surface area (Å²) in [5.41, 5.74) is 10.8. The zero-order valence-corrected chi connectivity index (χ0v) is 12.7. The van der Waals surface area contributed by atoms with Crippen LogP contribution in [-0.4, -0.2) is 11.5 Å². The van der Waals surface area contributed by atoms with Gasteiger partial charge in [-0.2, -0.15) is 0 Å². The SMILES string of the molecule is CCCc1nc(CN2CCCc3c(N)cccc32)cs1. The topological polar surface area (TPSA) is 42.2 Å². The average Bonchev–Trinajstić information content (AvgIpc) is 2.88. The van der Waals surface area contributed by atoms with Gasteiger partial charge in [0.15, 0.2) is 0 Å². The first-order valence-electron chi connectivity index (χ1n) is 7.33. The van der Waals surface area contributed by atoms with Gasteiger partial charge in [0, 0.05) is 23.3 Å². The van der Waals surface area contributed by atoms with Crippen LogP contribution >= 0.6 is 11.3 Å². The standard InChI is InChI=1S/C16H21N3S/c1-2-5-16-18-12(11-20-16)10-19-9-4-6-13-14(17)7-3-8-15(13)19/h3,7-8,11H,2,4-6,9-10,17H2,1H3. The predicted octanol–water partition coefficient (Wildman–Crippen LogP) is 3.63. The summed E-state index contributed by atoms with van der Waals surface area (Å²) >= 11 is 1.78. The number of rotatable bonds is 4. The van der Waals surface area contributed by atoms with Gasteiger partial charge < -0.3 is 10.6 Å². The molecule has 0 radical (unpaired) electrons. The largest absolute Gasteiger partial charge is 0.398 e. The molecule has 1 aliphatic heterocycles. The van der Waals surface area contributed by atoms with Gasteiger partial charge >= 0.3 is 0 Å². The summed E-state index contributed by atoms with van der Waals surface area (Å²) in [6.45, 7) is 4.19. The van der Waals surface area contributed by atoms with E-state index in [1.54, 1.807) is 11.3 Å². The minimum atomic E-state index is 0.899. The van der Waals surface area contributed by atoms with Crippen LogP contribution in [0, 0.1) is 0 Å². The Hall–Kier alpha value is -1.55. The van der Waals surface area contributed by atoms with Crippen LogP contribution < -0.4 is 10.6 Å². The average molecular weight is 287 g/mol. The second kappa shape index (κ2) is 5.83. The van der Waals surface area contributed by atoms with Crippen LogP contribution in [0.2, 0.25) is 0 Å². The van der Waals surface area contributed by atoms with Gasteiger partial charge in [0.05, 0.1) is 17.2 Å². The highest BCUT2D eigenvalue weighted by molar-refractivity contribution is 7.09. The molecule has 4 heteroatoms. The molecule has 0 unspecified atom stereocenters. The van der Waals surface area contributed by atoms with Gasteiger partial charge in [-0.15, -0.1) is 11.3 Å². The lowest BCUT2D eigenvalue weighted by Gasteiger charge is -2.31. The van der Waals surface area contributed by atoms with Crippen molar-refractivity contribution in [1.82, 2.24) is 4.98 Å². The van der Waals surface area contributed by atoms with Crippen molar-refractivity contribution in [2.45, 2.75) is 39.2 Å². The number of anilines is 2. The second-order valence-corrected chi connectivity index (χ2v) is 6.30. The van der Waals surface area contributed by atoms with Gasteiger partial charge in [-0.25, -0.2) is 4.98 Å². The minimum absolute atomic E-state index is 0.899. The number of hydrogen-bond donors (Lipinski definition) is 1. The van der Waals surface area contributed by atoms with Gasteiger partial charge in [0.25, 0.3) is 0 Å². The second-order valence-electron chi connectivity index (χ2n) is 5.35. The number of nitrogens with zero attached hydrogens (tertiary/aromatic N) is 2. The number of fused-ring (bicyclic) bond motifs is 1. The van der Waals surface area contributed by atoms with Gasteiger partial charge in [-0.1, -0.05) is 13.0 Å². The van der Waals surface area contributed by atoms with E-state index in [1.807, 2.05) is 6.07 Å². The quantitative estimate of drug-likeness (QED) is 0.873. The van der Waals surface area contributed by atoms with Crippen molar-refractivity contribution < 1.29 is 0 Å². The Labute approximate surface area is 124 Å². The monoisotopic (exact) mass is 287 g/mol. The van der Waals surface area contributed by atoms with Crippen LogP contribution in [-0.2, 0) is 19.4 Å². The number of nitrogens with two attached hydrogens (primary N) is 1. The maximum absolute atomic E-state index is 6.10. The first kappa shape index (κ1) is 13.4. The fourth-order valence-electron chi connectivity index (χ4n) is 2.84. The van der Waals surface area contributed by atoms with Gasteiger partial charge in [0.2, 0.25) is 0 Å². The van der Waals surface area contributed by atoms with Crippen LogP contribution in [0.4, 0.5) is 11.4 Å². The minimum Gasteiger partial charge on any atom is -0.398 e. The molecule has 0 saturated carbocycles. The van der Waals surface area contributed by atoms with E-state index in [0.29, 0.717) is 0 Å². The van der Waals surface area contributed by atoms with Crippen LogP contribution in [0.5, 0.6) is 0 Å². The molecule has 0 aliphatic carbocycles. The molecule has 0 spiro atoms. The third-order valence-electron chi connectivity index (χ3n) is 3.80. The van der Waals surface area contributed by atoms with E-state index in [9.17, 15) is 0 Å². The summed E-state index contributed by atoms with van der Waals surface area (Å²) < 4.78 is 0. The lowest BCUT2D eigenvalue weighted by molar-refractivity contribution is 0.685. The van der Waals surface area contributed by atoms with Crippen molar-refractivity contribution in [2.24, 2.45) is 0 Å². The molecule has 106 valence electrons. The molecule has 1 aromatic carbocycles. The Bertz CT molecular complexity index is 591. The molecule has 0 atom stereocenters. The number of aryl methyl sites for hydroxylation is 1. The van der Waals surface area contributed by atoms with Crippen LogP contribution in [0.25, 0.3) is 0 Å². The Morgan fingerprint density at radius 3 is 3.15 bits per heavy atom. The lowest BCUT2D eigenvalue weighted by Crippen LogP contribution is -2.29. The Kier molecular flexibility index (Phi) is 3.92. The molecule has 3 rings (SSSR count). The summed E-state index contributed by atoms with van der Waals surface area (Å²) in [6.07, 6.45) is 4.52. The number of hydrogen-bond acceptors (Lipinski definition) is 4. The third kappa shape index (κ3) is 2.66. The van der Waals surface area contributed by atoms with Crippen molar-refractivity contribution >= 4 is 22.7 Å². The molecule has 3 nitrogen and oxygen atoms in total. The van der Waals surface area contributed by atoms with E-state index < -0.39 is 0 Å². The molecule has 1 aliphatic rings. The first-order chi connectivity index (χ1) is 9.78. The summed E-state index contributed by atoms with van der Waals surface area (Å²) in [4.78, 5) is 7.15. The van der Waals surface area contributed by atoms with E-state index in [4.69, 9.17) is 10.7 Å². The molecule has 2 N–H and O–H groups in total. The normalized spacial score (nSPS) is 14.3. The fourth-order valence-corrected chi connectivity index (χ4v) is 3.73. The predicted molar refractivity (Wildman–Crippen MR) is 86.3 cm³/mol. The lowest BCUT2D eigenvalue weighted by atomic mass is 10.00. The summed E-state index contributed by atoms with van der Waals surface area (Å²) in [6, 6.07) is 6.24. The number of nitrogen functional groups attached to an aromatic ring is 1.